The SMILES string of the molecule is C=CCN1C(=O)[C@H](CC(=O)Nc2ccccc2C)SC1=Nc1ccc(C)c(C)c1. The lowest BCUT2D eigenvalue weighted by Crippen LogP contribution is -2.33. The molecule has 29 heavy (non-hydrogen) atoms. The van der Waals surface area contributed by atoms with Gasteiger partial charge in [0.15, 0.2) is 5.17 Å². The van der Waals surface area contributed by atoms with Gasteiger partial charge < -0.3 is 5.32 Å². The third-order valence-electron chi connectivity index (χ3n) is 4.84. The van der Waals surface area contributed by atoms with Gasteiger partial charge in [0.1, 0.15) is 5.25 Å². The first-order valence-electron chi connectivity index (χ1n) is 9.49. The maximum absolute atomic E-state index is 12.9. The summed E-state index contributed by atoms with van der Waals surface area (Å²) in [7, 11) is 0. The maximum Gasteiger partial charge on any atom is 0.242 e. The summed E-state index contributed by atoms with van der Waals surface area (Å²) in [6.45, 7) is 10.1. The smallest absolute Gasteiger partial charge is 0.242 e. The highest BCUT2D eigenvalue weighted by atomic mass is 32.2. The Labute approximate surface area is 175 Å². The Kier molecular flexibility index (Phi) is 6.54. The molecule has 1 atom stereocenters. The second kappa shape index (κ2) is 9.09. The number of carbonyl (C=O) groups excluding carboxylic acids is 2. The molecule has 3 rings (SSSR count). The summed E-state index contributed by atoms with van der Waals surface area (Å²) in [4.78, 5) is 31.7. The molecule has 150 valence electrons. The van der Waals surface area contributed by atoms with E-state index in [4.69, 9.17) is 0 Å². The molecule has 1 aliphatic heterocycles. The van der Waals surface area contributed by atoms with Crippen LogP contribution in [-0.4, -0.2) is 33.7 Å². The third-order valence-corrected chi connectivity index (χ3v) is 6.01. The second-order valence-electron chi connectivity index (χ2n) is 7.07. The largest absolute Gasteiger partial charge is 0.326 e. The molecule has 0 radical (unpaired) electrons. The van der Waals surface area contributed by atoms with Gasteiger partial charge in [-0.1, -0.05) is 42.1 Å². The number of nitrogens with zero attached hydrogens (tertiary/aromatic N) is 2. The molecule has 5 nitrogen and oxygen atoms in total. The molecule has 0 aliphatic carbocycles. The van der Waals surface area contributed by atoms with Crippen molar-refractivity contribution >= 4 is 40.1 Å². The van der Waals surface area contributed by atoms with Crippen LogP contribution in [0.5, 0.6) is 0 Å². The van der Waals surface area contributed by atoms with E-state index in [1.54, 1.807) is 11.0 Å². The van der Waals surface area contributed by atoms with Gasteiger partial charge >= 0.3 is 0 Å². The van der Waals surface area contributed by atoms with Gasteiger partial charge in [-0.05, 0) is 55.7 Å². The van der Waals surface area contributed by atoms with E-state index in [-0.39, 0.29) is 18.2 Å². The molecular weight excluding hydrogens is 382 g/mol. The Balaban J connectivity index is 1.76. The quantitative estimate of drug-likeness (QED) is 0.703. The molecule has 0 aromatic heterocycles. The molecule has 1 saturated heterocycles. The average Bonchev–Trinajstić information content (AvgIpc) is 2.95. The molecule has 0 unspecified atom stereocenters. The summed E-state index contributed by atoms with van der Waals surface area (Å²) in [5, 5.41) is 3.01. The highest BCUT2D eigenvalue weighted by molar-refractivity contribution is 8.15. The topological polar surface area (TPSA) is 61.8 Å². The number of nitrogens with one attached hydrogen (secondary N) is 1. The van der Waals surface area contributed by atoms with Crippen LogP contribution in [0.4, 0.5) is 11.4 Å². The first kappa shape index (κ1) is 20.9. The van der Waals surface area contributed by atoms with Crippen molar-refractivity contribution in [3.8, 4) is 0 Å². The van der Waals surface area contributed by atoms with Gasteiger partial charge in [-0.2, -0.15) is 0 Å². The van der Waals surface area contributed by atoms with Crippen molar-refractivity contribution in [2.45, 2.75) is 32.4 Å². The summed E-state index contributed by atoms with van der Waals surface area (Å²) >= 11 is 1.33. The zero-order valence-electron chi connectivity index (χ0n) is 16.9. The molecule has 2 aromatic rings. The monoisotopic (exact) mass is 407 g/mol. The van der Waals surface area contributed by atoms with Crippen LogP contribution >= 0.6 is 11.8 Å². The molecular formula is C23H25N3O2S. The van der Waals surface area contributed by atoms with Crippen molar-refractivity contribution in [3.05, 3.63) is 71.8 Å². The Morgan fingerprint density at radius 1 is 1.17 bits per heavy atom. The van der Waals surface area contributed by atoms with Crippen LogP contribution in [-0.2, 0) is 9.59 Å². The lowest BCUT2D eigenvalue weighted by atomic mass is 10.1. The number of hydrogen-bond donors (Lipinski definition) is 1. The van der Waals surface area contributed by atoms with Crippen molar-refractivity contribution < 1.29 is 9.59 Å². The maximum atomic E-state index is 12.9. The third kappa shape index (κ3) is 4.95. The van der Waals surface area contributed by atoms with Crippen LogP contribution in [0.2, 0.25) is 0 Å². The molecule has 1 aliphatic rings. The Morgan fingerprint density at radius 2 is 1.93 bits per heavy atom. The van der Waals surface area contributed by atoms with Crippen LogP contribution in [0.1, 0.15) is 23.1 Å². The van der Waals surface area contributed by atoms with E-state index in [9.17, 15) is 9.59 Å². The molecule has 1 fully saturated rings. The molecule has 1 N–H and O–H groups in total. The van der Waals surface area contributed by atoms with Gasteiger partial charge in [-0.15, -0.1) is 6.58 Å². The van der Waals surface area contributed by atoms with Crippen LogP contribution in [0.3, 0.4) is 0 Å². The summed E-state index contributed by atoms with van der Waals surface area (Å²) in [5.74, 6) is -0.298. The van der Waals surface area contributed by atoms with Gasteiger partial charge in [0.2, 0.25) is 11.8 Å². The zero-order valence-corrected chi connectivity index (χ0v) is 17.8. The van der Waals surface area contributed by atoms with Gasteiger partial charge in [-0.3, -0.25) is 14.5 Å². The molecule has 0 bridgehead atoms. The van der Waals surface area contributed by atoms with E-state index in [1.165, 1.54) is 17.3 Å². The summed E-state index contributed by atoms with van der Waals surface area (Å²) in [5.41, 5.74) is 4.88. The van der Waals surface area contributed by atoms with Gasteiger partial charge in [0.05, 0.1) is 5.69 Å². The molecule has 1 heterocycles. The minimum atomic E-state index is -0.496. The number of amidine groups is 1. The lowest BCUT2D eigenvalue weighted by molar-refractivity contribution is -0.127. The van der Waals surface area contributed by atoms with E-state index in [2.05, 4.69) is 16.9 Å². The Hall–Kier alpha value is -2.86. The first-order chi connectivity index (χ1) is 13.9. The predicted octanol–water partition coefficient (Wildman–Crippen LogP) is 4.76. The van der Waals surface area contributed by atoms with E-state index in [0.29, 0.717) is 11.7 Å². The van der Waals surface area contributed by atoms with Gasteiger partial charge in [-0.25, -0.2) is 4.99 Å². The number of para-hydroxylation sites is 1. The highest BCUT2D eigenvalue weighted by Gasteiger charge is 2.38. The molecule has 6 heteroatoms. The first-order valence-corrected chi connectivity index (χ1v) is 10.4. The van der Waals surface area contributed by atoms with Crippen molar-refractivity contribution in [1.29, 1.82) is 0 Å². The predicted molar refractivity (Wildman–Crippen MR) is 121 cm³/mol. The highest BCUT2D eigenvalue weighted by Crippen LogP contribution is 2.32. The Bertz CT molecular complexity index is 984. The minimum absolute atomic E-state index is 0.0947. The van der Waals surface area contributed by atoms with E-state index >= 15 is 0 Å². The number of aliphatic imine (C=N–C) groups is 1. The fourth-order valence-corrected chi connectivity index (χ4v) is 4.18. The number of carbonyl (C=O) groups is 2. The van der Waals surface area contributed by atoms with Crippen molar-refractivity contribution in [2.24, 2.45) is 4.99 Å². The molecule has 2 amide bonds. The van der Waals surface area contributed by atoms with E-state index in [0.717, 1.165) is 22.5 Å². The van der Waals surface area contributed by atoms with Crippen LogP contribution < -0.4 is 5.32 Å². The summed E-state index contributed by atoms with van der Waals surface area (Å²) in [6, 6.07) is 13.5. The normalized spacial score (nSPS) is 17.6. The minimum Gasteiger partial charge on any atom is -0.326 e. The summed E-state index contributed by atoms with van der Waals surface area (Å²) in [6.07, 6.45) is 1.77. The lowest BCUT2D eigenvalue weighted by Gasteiger charge is -2.14. The van der Waals surface area contributed by atoms with E-state index < -0.39 is 5.25 Å². The van der Waals surface area contributed by atoms with Crippen LogP contribution in [0, 0.1) is 20.8 Å². The fraction of sp³-hybridized carbons (Fsp3) is 0.261. The molecule has 0 saturated carbocycles. The second-order valence-corrected chi connectivity index (χ2v) is 8.24. The standard InChI is InChI=1S/C23H25N3O2S/c1-5-12-26-22(28)20(14-21(27)25-19-9-7-6-8-16(19)3)29-23(26)24-18-11-10-15(2)17(4)13-18/h5-11,13,20H,1,12,14H2,2-4H3,(H,25,27)/t20-/m0/s1. The number of benzene rings is 2. The zero-order chi connectivity index (χ0) is 21.0. The average molecular weight is 408 g/mol. The number of rotatable bonds is 6. The number of aryl methyl sites for hydroxylation is 3. The molecule has 0 spiro atoms. The fourth-order valence-electron chi connectivity index (χ4n) is 3.01. The molecule has 2 aromatic carbocycles. The van der Waals surface area contributed by atoms with Gasteiger partial charge in [0, 0.05) is 18.7 Å². The number of amides is 2. The number of anilines is 1. The van der Waals surface area contributed by atoms with Crippen molar-refractivity contribution in [1.82, 2.24) is 4.90 Å². The van der Waals surface area contributed by atoms with Crippen molar-refractivity contribution in [3.63, 3.8) is 0 Å². The Morgan fingerprint density at radius 3 is 2.62 bits per heavy atom. The van der Waals surface area contributed by atoms with Crippen LogP contribution in [0.25, 0.3) is 0 Å². The van der Waals surface area contributed by atoms with E-state index in [1.807, 2.05) is 63.2 Å². The number of hydrogen-bond acceptors (Lipinski definition) is 4. The van der Waals surface area contributed by atoms with Crippen LogP contribution in [0.15, 0.2) is 60.1 Å². The van der Waals surface area contributed by atoms with Crippen molar-refractivity contribution in [2.75, 3.05) is 11.9 Å². The summed E-state index contributed by atoms with van der Waals surface area (Å²) < 4.78 is 0. The number of thioether (sulfide) groups is 1. The van der Waals surface area contributed by atoms with Gasteiger partial charge in [0.25, 0.3) is 0 Å².